The number of carbonyl (C=O) groups is 1. The van der Waals surface area contributed by atoms with Gasteiger partial charge in [-0.15, -0.1) is 16.8 Å². The molecule has 3 aromatic rings. The lowest BCUT2D eigenvalue weighted by Gasteiger charge is -2.10. The topological polar surface area (TPSA) is 52.7 Å². The van der Waals surface area contributed by atoms with Gasteiger partial charge in [0.05, 0.1) is 10.8 Å². The number of carbonyl (C=O) groups excluding carboxylic acids is 1. The Labute approximate surface area is 172 Å². The quantitative estimate of drug-likeness (QED) is 0.309. The van der Waals surface area contributed by atoms with Gasteiger partial charge in [-0.1, -0.05) is 29.4 Å². The van der Waals surface area contributed by atoms with Crippen LogP contribution in [-0.4, -0.2) is 30.9 Å². The van der Waals surface area contributed by atoms with Crippen LogP contribution in [0.25, 0.3) is 5.69 Å². The van der Waals surface area contributed by atoms with Crippen LogP contribution >= 0.6 is 23.4 Å². The van der Waals surface area contributed by atoms with Crippen LogP contribution in [0.4, 0.5) is 4.39 Å². The number of aromatic nitrogens is 4. The van der Waals surface area contributed by atoms with Crippen LogP contribution < -0.4 is 0 Å². The van der Waals surface area contributed by atoms with Crippen LogP contribution in [0.2, 0.25) is 5.02 Å². The summed E-state index contributed by atoms with van der Waals surface area (Å²) in [6.07, 6.45) is 1.77. The number of benzene rings is 1. The molecule has 28 heavy (non-hydrogen) atoms. The fraction of sp³-hybridized carbons (Fsp3) is 0.250. The van der Waals surface area contributed by atoms with Gasteiger partial charge in [-0.3, -0.25) is 4.79 Å². The third kappa shape index (κ3) is 3.91. The highest BCUT2D eigenvalue weighted by atomic mass is 35.5. The fourth-order valence-electron chi connectivity index (χ4n) is 3.08. The largest absolute Gasteiger partial charge is 0.318 e. The smallest absolute Gasteiger partial charge is 0.191 e. The van der Waals surface area contributed by atoms with Gasteiger partial charge in [-0.05, 0) is 45.0 Å². The summed E-state index contributed by atoms with van der Waals surface area (Å²) in [5.41, 5.74) is 3.00. The summed E-state index contributed by atoms with van der Waals surface area (Å²) in [6, 6.07) is 6.36. The number of thioether (sulfide) groups is 1. The molecule has 3 rings (SSSR count). The van der Waals surface area contributed by atoms with Crippen LogP contribution in [0.1, 0.15) is 27.6 Å². The van der Waals surface area contributed by atoms with E-state index in [-0.39, 0.29) is 16.6 Å². The van der Waals surface area contributed by atoms with Crippen molar-refractivity contribution < 1.29 is 9.18 Å². The summed E-state index contributed by atoms with van der Waals surface area (Å²) in [5.74, 6) is 0.535. The summed E-state index contributed by atoms with van der Waals surface area (Å²) in [7, 11) is 0. The lowest BCUT2D eigenvalue weighted by molar-refractivity contribution is 0.102. The van der Waals surface area contributed by atoms with Gasteiger partial charge in [0, 0.05) is 29.2 Å². The number of hydrogen-bond acceptors (Lipinski definition) is 4. The second kappa shape index (κ2) is 8.32. The second-order valence-corrected chi connectivity index (χ2v) is 7.71. The van der Waals surface area contributed by atoms with Crippen molar-refractivity contribution in [2.75, 3.05) is 5.75 Å². The van der Waals surface area contributed by atoms with Crippen LogP contribution in [0.15, 0.2) is 42.1 Å². The zero-order valence-corrected chi connectivity index (χ0v) is 17.4. The number of halogens is 2. The van der Waals surface area contributed by atoms with Crippen molar-refractivity contribution in [3.63, 3.8) is 0 Å². The number of allylic oxidation sites excluding steroid dienone is 1. The second-order valence-electron chi connectivity index (χ2n) is 6.36. The molecule has 8 heteroatoms. The molecule has 0 amide bonds. The van der Waals surface area contributed by atoms with Crippen molar-refractivity contribution in [3.8, 4) is 5.69 Å². The Morgan fingerprint density at radius 2 is 2.04 bits per heavy atom. The van der Waals surface area contributed by atoms with Crippen LogP contribution in [0.3, 0.4) is 0 Å². The third-order valence-corrected chi connectivity index (χ3v) is 5.70. The van der Waals surface area contributed by atoms with Crippen molar-refractivity contribution in [1.29, 1.82) is 0 Å². The molecule has 2 aromatic heterocycles. The third-order valence-electron chi connectivity index (χ3n) is 4.44. The molecule has 146 valence electrons. The van der Waals surface area contributed by atoms with Crippen molar-refractivity contribution in [2.24, 2.45) is 0 Å². The van der Waals surface area contributed by atoms with E-state index in [9.17, 15) is 9.18 Å². The van der Waals surface area contributed by atoms with Gasteiger partial charge in [0.1, 0.15) is 11.6 Å². The number of aryl methyl sites for hydroxylation is 2. The maximum atomic E-state index is 13.5. The molecule has 0 fully saturated rings. The monoisotopic (exact) mass is 418 g/mol. The van der Waals surface area contributed by atoms with Crippen LogP contribution in [0, 0.1) is 26.6 Å². The van der Waals surface area contributed by atoms with E-state index in [4.69, 9.17) is 11.6 Å². The molecule has 0 bridgehead atoms. The molecule has 5 nitrogen and oxygen atoms in total. The van der Waals surface area contributed by atoms with Crippen LogP contribution in [-0.2, 0) is 6.54 Å². The minimum Gasteiger partial charge on any atom is -0.318 e. The summed E-state index contributed by atoms with van der Waals surface area (Å²) in [4.78, 5) is 12.8. The highest BCUT2D eigenvalue weighted by Gasteiger charge is 2.19. The molecular weight excluding hydrogens is 399 g/mol. The zero-order chi connectivity index (χ0) is 20.4. The van der Waals surface area contributed by atoms with Gasteiger partial charge in [0.25, 0.3) is 0 Å². The first kappa shape index (κ1) is 20.4. The predicted molar refractivity (Wildman–Crippen MR) is 110 cm³/mol. The first-order chi connectivity index (χ1) is 13.3. The van der Waals surface area contributed by atoms with Crippen molar-refractivity contribution in [3.05, 3.63) is 70.5 Å². The van der Waals surface area contributed by atoms with Gasteiger partial charge in [-0.25, -0.2) is 4.39 Å². The van der Waals surface area contributed by atoms with Gasteiger partial charge in [0.2, 0.25) is 0 Å². The van der Waals surface area contributed by atoms with Crippen molar-refractivity contribution in [2.45, 2.75) is 32.5 Å². The van der Waals surface area contributed by atoms with E-state index in [0.29, 0.717) is 17.3 Å². The summed E-state index contributed by atoms with van der Waals surface area (Å²) < 4.78 is 17.3. The molecule has 0 saturated carbocycles. The molecule has 0 aliphatic carbocycles. The van der Waals surface area contributed by atoms with E-state index in [1.54, 1.807) is 18.2 Å². The zero-order valence-electron chi connectivity index (χ0n) is 15.9. The van der Waals surface area contributed by atoms with Gasteiger partial charge in [-0.2, -0.15) is 0 Å². The van der Waals surface area contributed by atoms with Crippen molar-refractivity contribution in [1.82, 2.24) is 19.3 Å². The standard InChI is InChI=1S/C20H20ClFN4OS/c1-5-8-25-14(4)23-24-20(25)28-11-19(27)16-9-12(2)26(13(16)3)15-6-7-18(22)17(21)10-15/h5-7,9-10H,1,8,11H2,2-4H3. The Kier molecular flexibility index (Phi) is 6.05. The fourth-order valence-corrected chi connectivity index (χ4v) is 4.13. The van der Waals surface area contributed by atoms with E-state index < -0.39 is 5.82 Å². The molecule has 2 heterocycles. The Morgan fingerprint density at radius 3 is 2.71 bits per heavy atom. The van der Waals surface area contributed by atoms with Crippen molar-refractivity contribution >= 4 is 29.1 Å². The summed E-state index contributed by atoms with van der Waals surface area (Å²) in [5, 5.41) is 8.93. The maximum absolute atomic E-state index is 13.5. The lowest BCUT2D eigenvalue weighted by atomic mass is 10.2. The van der Waals surface area contributed by atoms with E-state index in [1.807, 2.05) is 36.0 Å². The maximum Gasteiger partial charge on any atom is 0.191 e. The Hall–Kier alpha value is -2.38. The SMILES string of the molecule is C=CCn1c(C)nnc1SCC(=O)c1cc(C)n(-c2ccc(F)c(Cl)c2)c1C. The molecule has 0 aliphatic heterocycles. The van der Waals surface area contributed by atoms with Gasteiger partial charge < -0.3 is 9.13 Å². The number of hydrogen-bond donors (Lipinski definition) is 0. The number of ketones is 1. The lowest BCUT2D eigenvalue weighted by Crippen LogP contribution is -2.07. The Balaban J connectivity index is 1.83. The Bertz CT molecular complexity index is 1060. The molecule has 0 radical (unpaired) electrons. The highest BCUT2D eigenvalue weighted by Crippen LogP contribution is 2.26. The minimum atomic E-state index is -0.473. The molecule has 0 N–H and O–H groups in total. The first-order valence-electron chi connectivity index (χ1n) is 8.64. The van der Waals surface area contributed by atoms with E-state index in [0.717, 1.165) is 22.9 Å². The number of rotatable bonds is 7. The normalized spacial score (nSPS) is 11.0. The average molecular weight is 419 g/mol. The van der Waals surface area contributed by atoms with Crippen LogP contribution in [0.5, 0.6) is 0 Å². The van der Waals surface area contributed by atoms with E-state index in [2.05, 4.69) is 16.8 Å². The molecule has 0 unspecified atom stereocenters. The molecule has 1 aromatic carbocycles. The average Bonchev–Trinajstić information content (AvgIpc) is 3.15. The number of Topliss-reactive ketones (excluding diaryl/α,β-unsaturated/α-hetero) is 1. The van der Waals surface area contributed by atoms with E-state index >= 15 is 0 Å². The van der Waals surface area contributed by atoms with Gasteiger partial charge in [0.15, 0.2) is 10.9 Å². The molecular formula is C20H20ClFN4OS. The molecule has 0 aliphatic rings. The summed E-state index contributed by atoms with van der Waals surface area (Å²) in [6.45, 7) is 9.96. The van der Waals surface area contributed by atoms with Gasteiger partial charge >= 0.3 is 0 Å². The molecule has 0 spiro atoms. The van der Waals surface area contributed by atoms with E-state index in [1.165, 1.54) is 17.8 Å². The minimum absolute atomic E-state index is 0.0108. The summed E-state index contributed by atoms with van der Waals surface area (Å²) >= 11 is 7.26. The highest BCUT2D eigenvalue weighted by molar-refractivity contribution is 7.99. The molecule has 0 atom stereocenters. The molecule has 0 saturated heterocycles. The first-order valence-corrected chi connectivity index (χ1v) is 10.0. The number of nitrogens with zero attached hydrogens (tertiary/aromatic N) is 4. The predicted octanol–water partition coefficient (Wildman–Crippen LogP) is 4.95. The Morgan fingerprint density at radius 1 is 1.29 bits per heavy atom.